The Bertz CT molecular complexity index is 1620. The van der Waals surface area contributed by atoms with Gasteiger partial charge < -0.3 is 25.0 Å². The normalized spacial score (nSPS) is 16.2. The van der Waals surface area contributed by atoms with Crippen LogP contribution < -0.4 is 15.5 Å². The lowest BCUT2D eigenvalue weighted by atomic mass is 10.0. The maximum atomic E-state index is 12.8. The third kappa shape index (κ3) is 6.59. The first-order chi connectivity index (χ1) is 20.2. The Morgan fingerprint density at radius 3 is 2.71 bits per heavy atom. The molecule has 1 fully saturated rings. The van der Waals surface area contributed by atoms with E-state index in [2.05, 4.69) is 25.5 Å². The van der Waals surface area contributed by atoms with Crippen molar-refractivity contribution < 1.29 is 23.9 Å². The zero-order valence-corrected chi connectivity index (χ0v) is 25.0. The Hall–Kier alpha value is -3.93. The van der Waals surface area contributed by atoms with Crippen LogP contribution in [0.5, 0.6) is 0 Å². The first-order valence-corrected chi connectivity index (χ1v) is 14.8. The molecule has 2 aliphatic heterocycles. The number of aromatic nitrogens is 1. The number of benzene rings is 2. The van der Waals surface area contributed by atoms with Crippen LogP contribution in [0.1, 0.15) is 36.7 Å². The van der Waals surface area contributed by atoms with Crippen LogP contribution in [-0.2, 0) is 19.1 Å². The Morgan fingerprint density at radius 1 is 1.19 bits per heavy atom. The van der Waals surface area contributed by atoms with Crippen molar-refractivity contribution in [3.8, 4) is 0 Å². The van der Waals surface area contributed by atoms with Crippen molar-refractivity contribution in [3.63, 3.8) is 0 Å². The highest BCUT2D eigenvalue weighted by atomic mass is 35.5. The molecule has 1 saturated heterocycles. The topological polar surface area (TPSA) is 122 Å². The summed E-state index contributed by atoms with van der Waals surface area (Å²) in [6.07, 6.45) is 3.31. The van der Waals surface area contributed by atoms with Gasteiger partial charge in [-0.2, -0.15) is 4.99 Å². The van der Waals surface area contributed by atoms with Gasteiger partial charge in [0.2, 0.25) is 5.91 Å². The maximum absolute atomic E-state index is 12.8. The molecule has 0 saturated carbocycles. The third-order valence-electron chi connectivity index (χ3n) is 6.60. The average molecular weight is 608 g/mol. The minimum atomic E-state index is -0.436. The van der Waals surface area contributed by atoms with Crippen LogP contribution in [0.3, 0.4) is 0 Å². The van der Waals surface area contributed by atoms with E-state index in [9.17, 15) is 14.4 Å². The molecular weight excluding hydrogens is 578 g/mol. The summed E-state index contributed by atoms with van der Waals surface area (Å²) in [6.45, 7) is 7.98. The largest absolute Gasteiger partial charge is 0.462 e. The molecule has 0 unspecified atom stereocenters. The molecule has 0 aliphatic carbocycles. The number of esters is 1. The predicted octanol–water partition coefficient (Wildman–Crippen LogP) is 5.58. The molecule has 2 amide bonds. The second kappa shape index (κ2) is 12.9. The van der Waals surface area contributed by atoms with Gasteiger partial charge in [0.15, 0.2) is 5.17 Å². The summed E-state index contributed by atoms with van der Waals surface area (Å²) in [5, 5.41) is 7.49. The molecule has 0 atom stereocenters. The van der Waals surface area contributed by atoms with Gasteiger partial charge in [0.05, 0.1) is 46.6 Å². The fraction of sp³-hybridized carbons (Fsp3) is 0.300. The first-order valence-electron chi connectivity index (χ1n) is 13.6. The number of carbonyl (C=O) groups excluding carboxylic acids is 3. The molecule has 3 aromatic rings. The summed E-state index contributed by atoms with van der Waals surface area (Å²) >= 11 is 7.56. The molecule has 12 heteroatoms. The van der Waals surface area contributed by atoms with E-state index in [0.29, 0.717) is 58.3 Å². The van der Waals surface area contributed by atoms with E-state index in [1.54, 1.807) is 37.4 Å². The Labute approximate surface area is 252 Å². The smallest absolute Gasteiger partial charge is 0.341 e. The van der Waals surface area contributed by atoms with Gasteiger partial charge in [-0.25, -0.2) is 4.79 Å². The molecule has 2 N–H and O–H groups in total. The molecule has 2 aromatic carbocycles. The van der Waals surface area contributed by atoms with Crippen LogP contribution >= 0.6 is 23.4 Å². The number of amidine groups is 1. The lowest BCUT2D eigenvalue weighted by Gasteiger charge is -2.31. The predicted molar refractivity (Wildman–Crippen MR) is 167 cm³/mol. The van der Waals surface area contributed by atoms with Crippen LogP contribution in [0, 0.1) is 5.92 Å². The number of hydrogen-bond donors (Lipinski definition) is 2. The van der Waals surface area contributed by atoms with Crippen LogP contribution in [0.2, 0.25) is 5.02 Å². The monoisotopic (exact) mass is 607 g/mol. The summed E-state index contributed by atoms with van der Waals surface area (Å²) in [6, 6.07) is 10.7. The Morgan fingerprint density at radius 2 is 1.98 bits per heavy atom. The van der Waals surface area contributed by atoms with Crippen molar-refractivity contribution in [3.05, 3.63) is 63.6 Å². The van der Waals surface area contributed by atoms with Gasteiger partial charge in [-0.05, 0) is 60.7 Å². The lowest BCUT2D eigenvalue weighted by molar-refractivity contribution is -0.119. The molecule has 0 radical (unpaired) electrons. The lowest BCUT2D eigenvalue weighted by Crippen LogP contribution is -2.37. The number of ether oxygens (including phenoxy) is 2. The van der Waals surface area contributed by atoms with Gasteiger partial charge >= 0.3 is 5.97 Å². The second-order valence-corrected chi connectivity index (χ2v) is 11.4. The molecule has 2 aliphatic rings. The minimum absolute atomic E-state index is 0.118. The first kappa shape index (κ1) is 29.6. The van der Waals surface area contributed by atoms with Crippen LogP contribution in [0.4, 0.5) is 17.1 Å². The Balaban J connectivity index is 1.41. The summed E-state index contributed by atoms with van der Waals surface area (Å²) in [5.74, 6) is -1.12. The van der Waals surface area contributed by atoms with Gasteiger partial charge in [-0.3, -0.25) is 14.6 Å². The quantitative estimate of drug-likeness (QED) is 0.262. The van der Waals surface area contributed by atoms with E-state index in [1.807, 2.05) is 32.0 Å². The fourth-order valence-electron chi connectivity index (χ4n) is 4.49. The fourth-order valence-corrected chi connectivity index (χ4v) is 5.48. The van der Waals surface area contributed by atoms with Crippen molar-refractivity contribution in [2.24, 2.45) is 10.9 Å². The number of nitrogens with one attached hydrogen (secondary N) is 2. The average Bonchev–Trinajstić information content (AvgIpc) is 3.32. The number of rotatable bonds is 7. The number of morpholine rings is 1. The molecule has 42 heavy (non-hydrogen) atoms. The highest BCUT2D eigenvalue weighted by Gasteiger charge is 2.25. The minimum Gasteiger partial charge on any atom is -0.462 e. The SMILES string of the molecule is CCOC(=O)c1cnc2ccc(/C=C3/SC(Nc4cc(NC(=O)C(C)C)ccc4Cl)=NC3=O)cc2c1N1CCOCC1. The Kier molecular flexibility index (Phi) is 9.10. The number of aliphatic imine (C=N–C) groups is 1. The van der Waals surface area contributed by atoms with Gasteiger partial charge in [0, 0.05) is 36.3 Å². The highest BCUT2D eigenvalue weighted by molar-refractivity contribution is 8.18. The number of amides is 2. The van der Waals surface area contributed by atoms with Crippen LogP contribution in [-0.4, -0.2) is 60.8 Å². The molecular formula is C30H30ClN5O5S. The van der Waals surface area contributed by atoms with Gasteiger partial charge in [0.25, 0.3) is 5.91 Å². The van der Waals surface area contributed by atoms with Crippen molar-refractivity contribution in [1.82, 2.24) is 4.98 Å². The van der Waals surface area contributed by atoms with Crippen molar-refractivity contribution in [2.45, 2.75) is 20.8 Å². The van der Waals surface area contributed by atoms with E-state index in [-0.39, 0.29) is 18.4 Å². The van der Waals surface area contributed by atoms with E-state index >= 15 is 0 Å². The number of thioether (sulfide) groups is 1. The zero-order chi connectivity index (χ0) is 29.8. The van der Waals surface area contributed by atoms with E-state index in [0.717, 1.165) is 22.2 Å². The zero-order valence-electron chi connectivity index (χ0n) is 23.4. The van der Waals surface area contributed by atoms with E-state index in [1.165, 1.54) is 11.8 Å². The molecule has 10 nitrogen and oxygen atoms in total. The number of carbonyl (C=O) groups is 3. The summed E-state index contributed by atoms with van der Waals surface area (Å²) < 4.78 is 10.8. The van der Waals surface area contributed by atoms with Crippen LogP contribution in [0.25, 0.3) is 17.0 Å². The number of hydrogen-bond acceptors (Lipinski definition) is 9. The maximum Gasteiger partial charge on any atom is 0.341 e. The summed E-state index contributed by atoms with van der Waals surface area (Å²) in [7, 11) is 0. The van der Waals surface area contributed by atoms with Gasteiger partial charge in [-0.15, -0.1) is 0 Å². The summed E-state index contributed by atoms with van der Waals surface area (Å²) in [5.41, 5.74) is 3.69. The number of anilines is 3. The molecule has 3 heterocycles. The number of fused-ring (bicyclic) bond motifs is 1. The van der Waals surface area contributed by atoms with Crippen molar-refractivity contribution >= 4 is 80.4 Å². The number of pyridine rings is 1. The molecule has 1 aromatic heterocycles. The third-order valence-corrected chi connectivity index (χ3v) is 7.83. The standard InChI is InChI=1S/C30H30ClN5O5S/c1-4-41-29(39)21-16-32-23-8-5-18(13-20(23)26(21)36-9-11-40-12-10-36)14-25-28(38)35-30(42-25)34-24-15-19(6-7-22(24)31)33-27(37)17(2)3/h5-8,13-17H,4,9-12H2,1-3H3,(H,33,37)(H,34,35,38)/b25-14+. The number of halogens is 1. The van der Waals surface area contributed by atoms with E-state index in [4.69, 9.17) is 21.1 Å². The molecule has 0 bridgehead atoms. The van der Waals surface area contributed by atoms with Gasteiger partial charge in [0.1, 0.15) is 5.56 Å². The molecule has 0 spiro atoms. The summed E-state index contributed by atoms with van der Waals surface area (Å²) in [4.78, 5) is 49.0. The van der Waals surface area contributed by atoms with Crippen LogP contribution in [0.15, 0.2) is 52.5 Å². The number of nitrogens with zero attached hydrogens (tertiary/aromatic N) is 3. The van der Waals surface area contributed by atoms with E-state index < -0.39 is 11.9 Å². The van der Waals surface area contributed by atoms with Gasteiger partial charge in [-0.1, -0.05) is 31.5 Å². The van der Waals surface area contributed by atoms with Crippen molar-refractivity contribution in [1.29, 1.82) is 0 Å². The molecule has 218 valence electrons. The molecule has 5 rings (SSSR count). The van der Waals surface area contributed by atoms with Crippen molar-refractivity contribution in [2.75, 3.05) is 48.4 Å². The second-order valence-electron chi connectivity index (χ2n) is 9.91. The highest BCUT2D eigenvalue weighted by Crippen LogP contribution is 2.35.